The molecule has 2 rings (SSSR count). The quantitative estimate of drug-likeness (QED) is 0.871. The molecule has 2 heteroatoms. The van der Waals surface area contributed by atoms with Gasteiger partial charge in [-0.2, -0.15) is 0 Å². The fourth-order valence-electron chi connectivity index (χ4n) is 1.72. The third-order valence-corrected chi connectivity index (χ3v) is 2.77. The van der Waals surface area contributed by atoms with Gasteiger partial charge in [-0.05, 0) is 24.6 Å². The summed E-state index contributed by atoms with van der Waals surface area (Å²) in [6.45, 7) is 1.82. The van der Waals surface area contributed by atoms with Crippen molar-refractivity contribution in [1.29, 1.82) is 0 Å². The van der Waals surface area contributed by atoms with Gasteiger partial charge in [0.05, 0.1) is 6.61 Å². The van der Waals surface area contributed by atoms with Crippen molar-refractivity contribution in [2.75, 3.05) is 6.61 Å². The van der Waals surface area contributed by atoms with E-state index in [-0.39, 0.29) is 6.61 Å². The summed E-state index contributed by atoms with van der Waals surface area (Å²) in [5.74, 6) is 0.757. The topological polar surface area (TPSA) is 29.5 Å². The van der Waals surface area contributed by atoms with Crippen molar-refractivity contribution in [3.8, 4) is 5.75 Å². The van der Waals surface area contributed by atoms with Crippen LogP contribution in [0.1, 0.15) is 12.5 Å². The summed E-state index contributed by atoms with van der Waals surface area (Å²) in [4.78, 5) is 0. The first-order valence-corrected chi connectivity index (χ1v) is 5.65. The van der Waals surface area contributed by atoms with Gasteiger partial charge < -0.3 is 9.84 Å². The molecule has 0 bridgehead atoms. The molecule has 1 atom stereocenters. The molecule has 2 aromatic carbocycles. The van der Waals surface area contributed by atoms with Crippen molar-refractivity contribution < 1.29 is 9.84 Å². The second-order valence-electron chi connectivity index (χ2n) is 4.17. The number of hydrogen-bond acceptors (Lipinski definition) is 2. The summed E-state index contributed by atoms with van der Waals surface area (Å²) in [7, 11) is 0. The lowest BCUT2D eigenvalue weighted by molar-refractivity contribution is 0.0216. The lowest BCUT2D eigenvalue weighted by Crippen LogP contribution is -2.33. The lowest BCUT2D eigenvalue weighted by Gasteiger charge is -2.29. The van der Waals surface area contributed by atoms with E-state index < -0.39 is 5.60 Å². The van der Waals surface area contributed by atoms with E-state index in [9.17, 15) is 5.11 Å². The highest BCUT2D eigenvalue weighted by Crippen LogP contribution is 2.27. The Morgan fingerprint density at radius 1 is 0.941 bits per heavy atom. The molecule has 0 saturated heterocycles. The first-order chi connectivity index (χ1) is 8.24. The zero-order chi connectivity index (χ0) is 12.1. The summed E-state index contributed by atoms with van der Waals surface area (Å²) in [5.41, 5.74) is 0.258. The smallest absolute Gasteiger partial charge is 0.154 e. The van der Waals surface area contributed by atoms with E-state index in [4.69, 9.17) is 4.74 Å². The largest absolute Gasteiger partial charge is 0.480 e. The summed E-state index contributed by atoms with van der Waals surface area (Å²) < 4.78 is 5.89. The highest BCUT2D eigenvalue weighted by molar-refractivity contribution is 5.27. The molecule has 0 spiro atoms. The van der Waals surface area contributed by atoms with Gasteiger partial charge in [0.15, 0.2) is 5.60 Å². The Bertz CT molecular complexity index is 453. The highest BCUT2D eigenvalue weighted by Gasteiger charge is 2.27. The predicted molar refractivity (Wildman–Crippen MR) is 67.9 cm³/mol. The Morgan fingerprint density at radius 2 is 1.47 bits per heavy atom. The van der Waals surface area contributed by atoms with Gasteiger partial charge in [0.25, 0.3) is 0 Å². The molecule has 0 saturated carbocycles. The third kappa shape index (κ3) is 2.66. The molecule has 0 aliphatic rings. The molecule has 0 amide bonds. The van der Waals surface area contributed by atoms with Crippen LogP contribution in [0.3, 0.4) is 0 Å². The monoisotopic (exact) mass is 228 g/mol. The Hall–Kier alpha value is -1.80. The maximum Gasteiger partial charge on any atom is 0.154 e. The van der Waals surface area contributed by atoms with Gasteiger partial charge in [-0.3, -0.25) is 0 Å². The Kier molecular flexibility index (Phi) is 3.45. The van der Waals surface area contributed by atoms with Gasteiger partial charge in [0.1, 0.15) is 5.75 Å². The van der Waals surface area contributed by atoms with Gasteiger partial charge in [-0.25, -0.2) is 0 Å². The van der Waals surface area contributed by atoms with Crippen LogP contribution in [0, 0.1) is 0 Å². The molecule has 2 nitrogen and oxygen atoms in total. The average molecular weight is 228 g/mol. The van der Waals surface area contributed by atoms with Crippen LogP contribution in [-0.4, -0.2) is 11.7 Å². The van der Waals surface area contributed by atoms with E-state index in [2.05, 4.69) is 0 Å². The fraction of sp³-hybridized carbons (Fsp3) is 0.200. The first-order valence-electron chi connectivity index (χ1n) is 5.65. The van der Waals surface area contributed by atoms with E-state index in [1.165, 1.54) is 0 Å². The molecule has 0 unspecified atom stereocenters. The second-order valence-corrected chi connectivity index (χ2v) is 4.17. The third-order valence-electron chi connectivity index (χ3n) is 2.77. The van der Waals surface area contributed by atoms with Crippen LogP contribution in [0.25, 0.3) is 0 Å². The minimum absolute atomic E-state index is 0.0636. The van der Waals surface area contributed by atoms with Crippen LogP contribution in [0.5, 0.6) is 5.75 Å². The molecular formula is C15H16O2. The van der Waals surface area contributed by atoms with Crippen molar-refractivity contribution in [3.05, 3.63) is 66.2 Å². The highest BCUT2D eigenvalue weighted by atomic mass is 16.5. The fourth-order valence-corrected chi connectivity index (χ4v) is 1.72. The number of aliphatic hydroxyl groups is 1. The molecule has 17 heavy (non-hydrogen) atoms. The van der Waals surface area contributed by atoms with Crippen LogP contribution in [-0.2, 0) is 5.60 Å². The molecule has 0 radical (unpaired) electrons. The SMILES string of the molecule is C[C@](CO)(Oc1ccccc1)c1ccccc1. The maximum atomic E-state index is 9.58. The molecule has 0 aliphatic carbocycles. The summed E-state index contributed by atoms with van der Waals surface area (Å²) in [6.07, 6.45) is 0. The van der Waals surface area contributed by atoms with Crippen LogP contribution in [0.15, 0.2) is 60.7 Å². The Labute approximate surface area is 101 Å². The van der Waals surface area contributed by atoms with E-state index in [0.29, 0.717) is 0 Å². The van der Waals surface area contributed by atoms with Crippen LogP contribution in [0.2, 0.25) is 0 Å². The maximum absolute atomic E-state index is 9.58. The number of rotatable bonds is 4. The zero-order valence-corrected chi connectivity index (χ0v) is 9.84. The van der Waals surface area contributed by atoms with Crippen LogP contribution < -0.4 is 4.74 Å². The first kappa shape index (κ1) is 11.7. The van der Waals surface area contributed by atoms with Gasteiger partial charge in [0, 0.05) is 0 Å². The minimum Gasteiger partial charge on any atom is -0.480 e. The molecule has 0 heterocycles. The Morgan fingerprint density at radius 3 is 2.00 bits per heavy atom. The van der Waals surface area contributed by atoms with E-state index in [1.54, 1.807) is 0 Å². The molecule has 0 aliphatic heterocycles. The van der Waals surface area contributed by atoms with Gasteiger partial charge in [-0.15, -0.1) is 0 Å². The normalized spacial score (nSPS) is 14.0. The number of aliphatic hydroxyl groups excluding tert-OH is 1. The molecule has 88 valence electrons. The molecule has 1 N–H and O–H groups in total. The second kappa shape index (κ2) is 5.02. The summed E-state index contributed by atoms with van der Waals surface area (Å²) >= 11 is 0. The van der Waals surface area contributed by atoms with E-state index in [1.807, 2.05) is 67.6 Å². The van der Waals surface area contributed by atoms with Gasteiger partial charge >= 0.3 is 0 Å². The molecule has 0 aromatic heterocycles. The lowest BCUT2D eigenvalue weighted by atomic mass is 9.97. The summed E-state index contributed by atoms with van der Waals surface area (Å²) in [5, 5.41) is 9.58. The summed E-state index contributed by atoms with van der Waals surface area (Å²) in [6, 6.07) is 19.3. The van der Waals surface area contributed by atoms with Gasteiger partial charge in [-0.1, -0.05) is 48.5 Å². The minimum atomic E-state index is -0.706. The van der Waals surface area contributed by atoms with Crippen molar-refractivity contribution in [3.63, 3.8) is 0 Å². The van der Waals surface area contributed by atoms with Crippen molar-refractivity contribution in [2.24, 2.45) is 0 Å². The average Bonchev–Trinajstić information content (AvgIpc) is 2.41. The molecule has 0 fully saturated rings. The van der Waals surface area contributed by atoms with Gasteiger partial charge in [0.2, 0.25) is 0 Å². The van der Waals surface area contributed by atoms with Crippen molar-refractivity contribution in [1.82, 2.24) is 0 Å². The van der Waals surface area contributed by atoms with E-state index >= 15 is 0 Å². The Balaban J connectivity index is 2.27. The molecule has 2 aromatic rings. The van der Waals surface area contributed by atoms with Crippen LogP contribution >= 0.6 is 0 Å². The van der Waals surface area contributed by atoms with Crippen LogP contribution in [0.4, 0.5) is 0 Å². The zero-order valence-electron chi connectivity index (χ0n) is 9.84. The van der Waals surface area contributed by atoms with Crippen molar-refractivity contribution in [2.45, 2.75) is 12.5 Å². The standard InChI is InChI=1S/C15H16O2/c1-15(12-16,13-8-4-2-5-9-13)17-14-10-6-3-7-11-14/h2-11,16H,12H2,1H3/t15-/m1/s1. The predicted octanol–water partition coefficient (Wildman–Crippen LogP) is 2.97. The van der Waals surface area contributed by atoms with E-state index in [0.717, 1.165) is 11.3 Å². The van der Waals surface area contributed by atoms with Crippen molar-refractivity contribution >= 4 is 0 Å². The number of hydrogen-bond donors (Lipinski definition) is 1. The number of ether oxygens (including phenoxy) is 1. The number of para-hydroxylation sites is 1. The number of benzene rings is 2. The molecular weight excluding hydrogens is 212 g/mol.